The molecular formula is C10H8BrNO3. The van der Waals surface area contributed by atoms with E-state index in [9.17, 15) is 9.90 Å². The Morgan fingerprint density at radius 3 is 2.80 bits per heavy atom. The van der Waals surface area contributed by atoms with E-state index >= 15 is 0 Å². The molecule has 0 unspecified atom stereocenters. The maximum absolute atomic E-state index is 11.4. The first-order valence-corrected chi connectivity index (χ1v) is 5.17. The van der Waals surface area contributed by atoms with Gasteiger partial charge in [0.25, 0.3) is 0 Å². The maximum atomic E-state index is 11.4. The molecular weight excluding hydrogens is 262 g/mol. The topological polar surface area (TPSA) is 70.3 Å². The molecule has 0 saturated heterocycles. The lowest BCUT2D eigenvalue weighted by Gasteiger charge is -2.08. The maximum Gasteiger partial charge on any atom is 0.341 e. The van der Waals surface area contributed by atoms with Gasteiger partial charge in [0.1, 0.15) is 11.3 Å². The quantitative estimate of drug-likeness (QED) is 0.658. The van der Waals surface area contributed by atoms with E-state index in [1.807, 2.05) is 6.07 Å². The Hall–Kier alpha value is -1.54. The van der Waals surface area contributed by atoms with Crippen LogP contribution in [-0.4, -0.2) is 18.2 Å². The molecule has 1 aromatic carbocycles. The van der Waals surface area contributed by atoms with Gasteiger partial charge in [0, 0.05) is 5.33 Å². The number of rotatable bonds is 2. The van der Waals surface area contributed by atoms with Gasteiger partial charge in [0.15, 0.2) is 0 Å². The molecule has 0 fully saturated rings. The van der Waals surface area contributed by atoms with E-state index in [0.717, 1.165) is 0 Å². The molecule has 1 aromatic rings. The van der Waals surface area contributed by atoms with Gasteiger partial charge in [0.2, 0.25) is 0 Å². The predicted molar refractivity (Wildman–Crippen MR) is 56.8 cm³/mol. The number of carbonyl (C=O) groups is 1. The van der Waals surface area contributed by atoms with Crippen LogP contribution in [-0.2, 0) is 10.1 Å². The number of ether oxygens (including phenoxy) is 1. The SMILES string of the molecule is COC(=O)c1c(O)ccc(C#N)c1CBr. The summed E-state index contributed by atoms with van der Waals surface area (Å²) in [7, 11) is 1.22. The Morgan fingerprint density at radius 1 is 1.67 bits per heavy atom. The van der Waals surface area contributed by atoms with E-state index in [2.05, 4.69) is 20.7 Å². The van der Waals surface area contributed by atoms with E-state index in [4.69, 9.17) is 5.26 Å². The minimum Gasteiger partial charge on any atom is -0.507 e. The minimum atomic E-state index is -0.654. The number of halogens is 1. The van der Waals surface area contributed by atoms with Crippen LogP contribution in [0.4, 0.5) is 0 Å². The van der Waals surface area contributed by atoms with Crippen molar-refractivity contribution in [3.05, 3.63) is 28.8 Å². The second-order valence-corrected chi connectivity index (χ2v) is 3.28. The highest BCUT2D eigenvalue weighted by Gasteiger charge is 2.19. The molecule has 4 nitrogen and oxygen atoms in total. The van der Waals surface area contributed by atoms with Crippen LogP contribution >= 0.6 is 15.9 Å². The van der Waals surface area contributed by atoms with Crippen molar-refractivity contribution >= 4 is 21.9 Å². The highest BCUT2D eigenvalue weighted by atomic mass is 79.9. The fraction of sp³-hybridized carbons (Fsp3) is 0.200. The van der Waals surface area contributed by atoms with Crippen molar-refractivity contribution in [1.29, 1.82) is 5.26 Å². The Labute approximate surface area is 95.2 Å². The first-order valence-electron chi connectivity index (χ1n) is 4.05. The smallest absolute Gasteiger partial charge is 0.341 e. The molecule has 1 rings (SSSR count). The molecule has 0 radical (unpaired) electrons. The summed E-state index contributed by atoms with van der Waals surface area (Å²) in [5.74, 6) is -0.839. The van der Waals surface area contributed by atoms with Crippen LogP contribution in [0.5, 0.6) is 5.75 Å². The van der Waals surface area contributed by atoms with Gasteiger partial charge in [-0.15, -0.1) is 0 Å². The molecule has 0 heterocycles. The third-order valence-electron chi connectivity index (χ3n) is 1.93. The van der Waals surface area contributed by atoms with Crippen LogP contribution in [0, 0.1) is 11.3 Å². The summed E-state index contributed by atoms with van der Waals surface area (Å²) in [6.45, 7) is 0. The lowest BCUT2D eigenvalue weighted by Crippen LogP contribution is -2.06. The van der Waals surface area contributed by atoms with Gasteiger partial charge in [0.05, 0.1) is 18.7 Å². The van der Waals surface area contributed by atoms with Crippen molar-refractivity contribution in [2.45, 2.75) is 5.33 Å². The standard InChI is InChI=1S/C10H8BrNO3/c1-15-10(14)9-7(4-11)6(5-12)2-3-8(9)13/h2-3,13H,4H2,1H3. The van der Waals surface area contributed by atoms with Crippen LogP contribution in [0.15, 0.2) is 12.1 Å². The lowest BCUT2D eigenvalue weighted by molar-refractivity contribution is 0.0596. The summed E-state index contributed by atoms with van der Waals surface area (Å²) < 4.78 is 4.53. The molecule has 0 saturated carbocycles. The molecule has 0 aliphatic heterocycles. The van der Waals surface area contributed by atoms with E-state index in [0.29, 0.717) is 16.5 Å². The minimum absolute atomic E-state index is 0.0356. The number of methoxy groups -OCH3 is 1. The zero-order valence-electron chi connectivity index (χ0n) is 7.95. The number of nitrogens with zero attached hydrogens (tertiary/aromatic N) is 1. The molecule has 15 heavy (non-hydrogen) atoms. The van der Waals surface area contributed by atoms with Crippen LogP contribution < -0.4 is 0 Å². The van der Waals surface area contributed by atoms with Gasteiger partial charge in [-0.05, 0) is 17.7 Å². The number of carbonyl (C=O) groups excluding carboxylic acids is 1. The molecule has 0 aliphatic rings. The first kappa shape index (κ1) is 11.5. The monoisotopic (exact) mass is 269 g/mol. The number of phenolic OH excluding ortho intramolecular Hbond substituents is 1. The summed E-state index contributed by atoms with van der Waals surface area (Å²) in [4.78, 5) is 11.4. The van der Waals surface area contributed by atoms with Crippen LogP contribution in [0.1, 0.15) is 21.5 Å². The third-order valence-corrected chi connectivity index (χ3v) is 2.50. The number of phenols is 1. The zero-order chi connectivity index (χ0) is 11.4. The van der Waals surface area contributed by atoms with Crippen molar-refractivity contribution in [3.8, 4) is 11.8 Å². The molecule has 0 aliphatic carbocycles. The summed E-state index contributed by atoms with van der Waals surface area (Å²) in [6, 6.07) is 4.70. The van der Waals surface area contributed by atoms with Gasteiger partial charge >= 0.3 is 5.97 Å². The molecule has 0 bridgehead atoms. The number of alkyl halides is 1. The fourth-order valence-corrected chi connectivity index (χ4v) is 1.79. The highest BCUT2D eigenvalue weighted by molar-refractivity contribution is 9.08. The van der Waals surface area contributed by atoms with Crippen molar-refractivity contribution in [2.75, 3.05) is 7.11 Å². The Kier molecular flexibility index (Phi) is 3.69. The highest BCUT2D eigenvalue weighted by Crippen LogP contribution is 2.26. The van der Waals surface area contributed by atoms with Crippen molar-refractivity contribution < 1.29 is 14.6 Å². The summed E-state index contributed by atoms with van der Waals surface area (Å²) in [5, 5.41) is 18.6. The van der Waals surface area contributed by atoms with Gasteiger partial charge in [-0.25, -0.2) is 4.79 Å². The van der Waals surface area contributed by atoms with Crippen LogP contribution in [0.3, 0.4) is 0 Å². The Morgan fingerprint density at radius 2 is 2.33 bits per heavy atom. The Bertz CT molecular complexity index is 437. The second kappa shape index (κ2) is 4.80. The van der Waals surface area contributed by atoms with E-state index in [1.54, 1.807) is 0 Å². The first-order chi connectivity index (χ1) is 7.15. The van der Waals surface area contributed by atoms with Crippen molar-refractivity contribution in [3.63, 3.8) is 0 Å². The van der Waals surface area contributed by atoms with Gasteiger partial charge in [-0.2, -0.15) is 5.26 Å². The van der Waals surface area contributed by atoms with Crippen molar-refractivity contribution in [2.24, 2.45) is 0 Å². The number of nitriles is 1. The Balaban J connectivity index is 3.47. The van der Waals surface area contributed by atoms with Gasteiger partial charge < -0.3 is 9.84 Å². The second-order valence-electron chi connectivity index (χ2n) is 2.72. The number of benzene rings is 1. The molecule has 0 amide bonds. The normalized spacial score (nSPS) is 9.40. The molecule has 0 aromatic heterocycles. The number of esters is 1. The molecule has 5 heteroatoms. The predicted octanol–water partition coefficient (Wildman–Crippen LogP) is 1.95. The average molecular weight is 270 g/mol. The fourth-order valence-electron chi connectivity index (χ4n) is 1.21. The molecule has 78 valence electrons. The van der Waals surface area contributed by atoms with E-state index < -0.39 is 5.97 Å². The van der Waals surface area contributed by atoms with Crippen LogP contribution in [0.25, 0.3) is 0 Å². The van der Waals surface area contributed by atoms with E-state index in [-0.39, 0.29) is 11.3 Å². The summed E-state index contributed by atoms with van der Waals surface area (Å²) in [6.07, 6.45) is 0. The van der Waals surface area contributed by atoms with Gasteiger partial charge in [-0.3, -0.25) is 0 Å². The molecule has 0 spiro atoms. The van der Waals surface area contributed by atoms with E-state index in [1.165, 1.54) is 19.2 Å². The summed E-state index contributed by atoms with van der Waals surface area (Å²) in [5.41, 5.74) is 0.808. The average Bonchev–Trinajstić information content (AvgIpc) is 2.27. The van der Waals surface area contributed by atoms with Crippen molar-refractivity contribution in [1.82, 2.24) is 0 Å². The largest absolute Gasteiger partial charge is 0.507 e. The number of hydrogen-bond donors (Lipinski definition) is 1. The number of hydrogen-bond acceptors (Lipinski definition) is 4. The molecule has 0 atom stereocenters. The third kappa shape index (κ3) is 2.10. The number of aromatic hydroxyl groups is 1. The zero-order valence-corrected chi connectivity index (χ0v) is 9.54. The van der Waals surface area contributed by atoms with Crippen LogP contribution in [0.2, 0.25) is 0 Å². The molecule has 1 N–H and O–H groups in total. The lowest BCUT2D eigenvalue weighted by atomic mass is 10.0. The summed E-state index contributed by atoms with van der Waals surface area (Å²) >= 11 is 3.16. The van der Waals surface area contributed by atoms with Gasteiger partial charge in [-0.1, -0.05) is 15.9 Å².